The molecule has 0 aliphatic carbocycles. The number of hydrogen-bond donors (Lipinski definition) is 1. The number of rotatable bonds is 6. The molecule has 1 saturated heterocycles. The Balaban J connectivity index is 1.47. The number of ether oxygens (including phenoxy) is 1. The van der Waals surface area contributed by atoms with E-state index >= 15 is 0 Å². The molecule has 0 spiro atoms. The number of methoxy groups -OCH3 is 1. The third kappa shape index (κ3) is 4.81. The summed E-state index contributed by atoms with van der Waals surface area (Å²) in [5.41, 5.74) is 4.33. The predicted molar refractivity (Wildman–Crippen MR) is 126 cm³/mol. The largest absolute Gasteiger partial charge is 0.497 e. The second kappa shape index (κ2) is 9.49. The van der Waals surface area contributed by atoms with Gasteiger partial charge in [0.15, 0.2) is 5.78 Å². The number of carbonyl (C=O) groups excluding carboxylic acids is 2. The molecule has 4 rings (SSSR count). The topological polar surface area (TPSA) is 71.5 Å². The van der Waals surface area contributed by atoms with Crippen LogP contribution in [0, 0.1) is 12.8 Å². The van der Waals surface area contributed by atoms with Crippen molar-refractivity contribution >= 4 is 28.3 Å². The number of likely N-dealkylation sites (tertiary alicyclic amines) is 1. The summed E-state index contributed by atoms with van der Waals surface area (Å²) >= 11 is 0. The van der Waals surface area contributed by atoms with Crippen LogP contribution >= 0.6 is 0 Å². The highest BCUT2D eigenvalue weighted by molar-refractivity contribution is 6.00. The van der Waals surface area contributed by atoms with Crippen LogP contribution in [0.15, 0.2) is 48.5 Å². The molecule has 0 radical (unpaired) electrons. The number of amides is 1. The minimum atomic E-state index is -0.0994. The van der Waals surface area contributed by atoms with Crippen molar-refractivity contribution in [2.24, 2.45) is 5.92 Å². The Hall–Kier alpha value is -3.25. The van der Waals surface area contributed by atoms with Crippen LogP contribution in [0.25, 0.3) is 10.9 Å². The van der Waals surface area contributed by atoms with Crippen molar-refractivity contribution in [1.82, 2.24) is 9.88 Å². The highest BCUT2D eigenvalue weighted by atomic mass is 16.5. The number of carbonyl (C=O) groups is 2. The Kier molecular flexibility index (Phi) is 6.51. The molecule has 1 fully saturated rings. The highest BCUT2D eigenvalue weighted by Crippen LogP contribution is 2.27. The van der Waals surface area contributed by atoms with Crippen molar-refractivity contribution in [2.45, 2.75) is 33.2 Å². The van der Waals surface area contributed by atoms with Crippen LogP contribution in [0.1, 0.15) is 41.4 Å². The minimum absolute atomic E-state index is 0.0114. The average molecular weight is 432 g/mol. The monoisotopic (exact) mass is 431 g/mol. The SMILES string of the molecule is COc1ccc(C(=O)[C@@H]2CCCN(Cc3ccc4c(NC(C)=O)cccc4n3)C2)c(C)c1. The number of ketones is 1. The molecule has 166 valence electrons. The highest BCUT2D eigenvalue weighted by Gasteiger charge is 2.27. The Morgan fingerprint density at radius 1 is 1.19 bits per heavy atom. The van der Waals surface area contributed by atoms with Gasteiger partial charge in [-0.15, -0.1) is 0 Å². The van der Waals surface area contributed by atoms with Crippen molar-refractivity contribution in [3.63, 3.8) is 0 Å². The van der Waals surface area contributed by atoms with Crippen molar-refractivity contribution in [3.8, 4) is 5.75 Å². The minimum Gasteiger partial charge on any atom is -0.497 e. The normalized spacial score (nSPS) is 16.7. The van der Waals surface area contributed by atoms with E-state index in [0.717, 1.165) is 65.1 Å². The van der Waals surface area contributed by atoms with E-state index in [-0.39, 0.29) is 17.6 Å². The van der Waals surface area contributed by atoms with E-state index in [1.807, 2.05) is 55.5 Å². The third-order valence-electron chi connectivity index (χ3n) is 6.06. The molecule has 0 unspecified atom stereocenters. The van der Waals surface area contributed by atoms with Crippen molar-refractivity contribution in [1.29, 1.82) is 0 Å². The van der Waals surface area contributed by atoms with Crippen molar-refractivity contribution in [2.75, 3.05) is 25.5 Å². The predicted octanol–water partition coefficient (Wildman–Crippen LogP) is 4.61. The summed E-state index contributed by atoms with van der Waals surface area (Å²) in [7, 11) is 1.64. The summed E-state index contributed by atoms with van der Waals surface area (Å²) in [4.78, 5) is 31.8. The maximum atomic E-state index is 13.2. The van der Waals surface area contributed by atoms with Gasteiger partial charge in [0.1, 0.15) is 5.75 Å². The smallest absolute Gasteiger partial charge is 0.221 e. The van der Waals surface area contributed by atoms with Crippen LogP contribution < -0.4 is 10.1 Å². The van der Waals surface area contributed by atoms with Crippen LogP contribution in [-0.2, 0) is 11.3 Å². The van der Waals surface area contributed by atoms with E-state index in [9.17, 15) is 9.59 Å². The first-order chi connectivity index (χ1) is 15.4. The molecule has 2 heterocycles. The number of nitrogens with one attached hydrogen (secondary N) is 1. The summed E-state index contributed by atoms with van der Waals surface area (Å²) in [5, 5.41) is 3.78. The first-order valence-electron chi connectivity index (χ1n) is 11.0. The molecule has 6 nitrogen and oxygen atoms in total. The average Bonchev–Trinajstić information content (AvgIpc) is 2.78. The number of piperidine rings is 1. The van der Waals surface area contributed by atoms with E-state index in [4.69, 9.17) is 9.72 Å². The molecule has 2 aromatic carbocycles. The van der Waals surface area contributed by atoms with E-state index in [2.05, 4.69) is 10.2 Å². The molecular formula is C26H29N3O3. The third-order valence-corrected chi connectivity index (χ3v) is 6.06. The Labute approximate surface area is 188 Å². The number of hydrogen-bond acceptors (Lipinski definition) is 5. The van der Waals surface area contributed by atoms with E-state index in [1.54, 1.807) is 7.11 Å². The van der Waals surface area contributed by atoms with E-state index in [1.165, 1.54) is 6.92 Å². The number of pyridine rings is 1. The van der Waals surface area contributed by atoms with Crippen LogP contribution in [0.2, 0.25) is 0 Å². The number of aryl methyl sites for hydroxylation is 1. The van der Waals surface area contributed by atoms with Gasteiger partial charge < -0.3 is 10.1 Å². The van der Waals surface area contributed by atoms with Crippen LogP contribution in [0.3, 0.4) is 0 Å². The molecule has 1 atom stereocenters. The number of fused-ring (bicyclic) bond motifs is 1. The lowest BCUT2D eigenvalue weighted by molar-refractivity contribution is -0.114. The lowest BCUT2D eigenvalue weighted by Gasteiger charge is -2.32. The zero-order valence-corrected chi connectivity index (χ0v) is 18.9. The summed E-state index contributed by atoms with van der Waals surface area (Å²) in [5.74, 6) is 0.870. The van der Waals surface area contributed by atoms with Crippen molar-refractivity contribution < 1.29 is 14.3 Å². The first kappa shape index (κ1) is 22.0. The number of anilines is 1. The number of aromatic nitrogens is 1. The molecule has 3 aromatic rings. The van der Waals surface area contributed by atoms with E-state index in [0.29, 0.717) is 6.54 Å². The van der Waals surface area contributed by atoms with Crippen molar-refractivity contribution in [3.05, 3.63) is 65.4 Å². The van der Waals surface area contributed by atoms with Gasteiger partial charge in [0, 0.05) is 36.9 Å². The van der Waals surface area contributed by atoms with Gasteiger partial charge in [0.2, 0.25) is 5.91 Å². The summed E-state index contributed by atoms with van der Waals surface area (Å²) in [6.45, 7) is 5.85. The zero-order chi connectivity index (χ0) is 22.7. The second-order valence-electron chi connectivity index (χ2n) is 8.48. The maximum Gasteiger partial charge on any atom is 0.221 e. The Morgan fingerprint density at radius 3 is 2.78 bits per heavy atom. The van der Waals surface area contributed by atoms with Gasteiger partial charge in [-0.25, -0.2) is 0 Å². The fourth-order valence-electron chi connectivity index (χ4n) is 4.49. The second-order valence-corrected chi connectivity index (χ2v) is 8.48. The standard InChI is InChI=1S/C26H29N3O3/c1-17-14-21(32-3)10-12-22(17)26(31)19-6-5-13-29(15-19)16-20-9-11-23-24(27-18(2)30)7-4-8-25(23)28-20/h4,7-12,14,19H,5-6,13,15-16H2,1-3H3,(H,27,30)/t19-/m1/s1. The lowest BCUT2D eigenvalue weighted by Crippen LogP contribution is -2.38. The van der Waals surface area contributed by atoms with Gasteiger partial charge in [0.25, 0.3) is 0 Å². The molecule has 1 aliphatic rings. The van der Waals surface area contributed by atoms with Gasteiger partial charge >= 0.3 is 0 Å². The number of Topliss-reactive ketones (excluding diaryl/α,β-unsaturated/α-hetero) is 1. The van der Waals surface area contributed by atoms with Gasteiger partial charge in [-0.2, -0.15) is 0 Å². The van der Waals surface area contributed by atoms with Gasteiger partial charge in [-0.05, 0) is 74.3 Å². The Morgan fingerprint density at radius 2 is 2.03 bits per heavy atom. The summed E-state index contributed by atoms with van der Waals surface area (Å²) in [6, 6.07) is 15.4. The van der Waals surface area contributed by atoms with Crippen LogP contribution in [0.5, 0.6) is 5.75 Å². The molecular weight excluding hydrogens is 402 g/mol. The zero-order valence-electron chi connectivity index (χ0n) is 18.9. The molecule has 0 saturated carbocycles. The fraction of sp³-hybridized carbons (Fsp3) is 0.346. The lowest BCUT2D eigenvalue weighted by atomic mass is 9.88. The quantitative estimate of drug-likeness (QED) is 0.578. The van der Waals surface area contributed by atoms with Gasteiger partial charge in [-0.3, -0.25) is 19.5 Å². The molecule has 1 amide bonds. The number of benzene rings is 2. The fourth-order valence-corrected chi connectivity index (χ4v) is 4.49. The van der Waals surface area contributed by atoms with Crippen LogP contribution in [-0.4, -0.2) is 41.8 Å². The van der Waals surface area contributed by atoms with Gasteiger partial charge in [0.05, 0.1) is 24.0 Å². The summed E-state index contributed by atoms with van der Waals surface area (Å²) < 4.78 is 5.27. The molecule has 32 heavy (non-hydrogen) atoms. The van der Waals surface area contributed by atoms with E-state index < -0.39 is 0 Å². The molecule has 1 aliphatic heterocycles. The molecule has 1 aromatic heterocycles. The molecule has 1 N–H and O–H groups in total. The first-order valence-corrected chi connectivity index (χ1v) is 11.0. The van der Waals surface area contributed by atoms with Crippen LogP contribution in [0.4, 0.5) is 5.69 Å². The van der Waals surface area contributed by atoms with Gasteiger partial charge in [-0.1, -0.05) is 6.07 Å². The summed E-state index contributed by atoms with van der Waals surface area (Å²) in [6.07, 6.45) is 1.90. The Bertz CT molecular complexity index is 1160. The number of nitrogens with zero attached hydrogens (tertiary/aromatic N) is 2. The molecule has 0 bridgehead atoms. The molecule has 6 heteroatoms. The maximum absolute atomic E-state index is 13.2.